The molecule has 0 radical (unpaired) electrons. The molecule has 0 fully saturated rings. The molecule has 0 unspecified atom stereocenters. The first kappa shape index (κ1) is 18.8. The van der Waals surface area contributed by atoms with E-state index in [1.54, 1.807) is 43.3 Å². The van der Waals surface area contributed by atoms with Crippen molar-refractivity contribution in [2.75, 3.05) is 0 Å². The van der Waals surface area contributed by atoms with Crippen LogP contribution in [0.4, 0.5) is 5.69 Å². The van der Waals surface area contributed by atoms with E-state index >= 15 is 0 Å². The van der Waals surface area contributed by atoms with Crippen molar-refractivity contribution in [1.82, 2.24) is 4.98 Å². The van der Waals surface area contributed by atoms with Gasteiger partial charge in [0.15, 0.2) is 0 Å². The van der Waals surface area contributed by atoms with E-state index in [0.717, 1.165) is 5.56 Å². The zero-order chi connectivity index (χ0) is 15.9. The van der Waals surface area contributed by atoms with Crippen LogP contribution in [0.25, 0.3) is 26.3 Å². The van der Waals surface area contributed by atoms with E-state index in [1.807, 2.05) is 0 Å². The first-order valence-electron chi connectivity index (χ1n) is 6.23. The van der Waals surface area contributed by atoms with E-state index in [0.29, 0.717) is 26.5 Å². The maximum absolute atomic E-state index is 11.6. The molecule has 0 bridgehead atoms. The molecule has 1 N–H and O–H groups in total. The minimum Gasteiger partial charge on any atom is -0.706 e. The molecule has 3 rings (SSSR count). The van der Waals surface area contributed by atoms with E-state index in [1.165, 1.54) is 11.3 Å². The molecule has 112 valence electrons. The summed E-state index contributed by atoms with van der Waals surface area (Å²) in [5.41, 5.74) is 10.9. The third-order valence-electron chi connectivity index (χ3n) is 3.20. The molecule has 1 heterocycles. The number of hydrogen-bond donors (Lipinski definition) is 1. The van der Waals surface area contributed by atoms with Gasteiger partial charge in [-0.15, -0.1) is 11.3 Å². The van der Waals surface area contributed by atoms with E-state index < -0.39 is 10.1 Å². The molecule has 0 saturated heterocycles. The van der Waals surface area contributed by atoms with E-state index in [2.05, 4.69) is 10.1 Å². The van der Waals surface area contributed by atoms with Gasteiger partial charge in [-0.1, -0.05) is 6.07 Å². The molecule has 3 aromatic rings. The number of aryl methyl sites for hydroxylation is 1. The van der Waals surface area contributed by atoms with Crippen molar-refractivity contribution in [2.24, 2.45) is 5.11 Å². The molecule has 0 spiro atoms. The Labute approximate surface area is 179 Å². The van der Waals surface area contributed by atoms with Crippen molar-refractivity contribution in [3.05, 3.63) is 47.5 Å². The Morgan fingerprint density at radius 2 is 1.83 bits per heavy atom. The summed E-state index contributed by atoms with van der Waals surface area (Å²) >= 11 is 1.19. The first-order valence-corrected chi connectivity index (χ1v) is 8.49. The fourth-order valence-electron chi connectivity index (χ4n) is 2.18. The Kier molecular flexibility index (Phi) is 5.85. The van der Waals surface area contributed by atoms with Gasteiger partial charge in [-0.3, -0.25) is 4.55 Å². The summed E-state index contributed by atoms with van der Waals surface area (Å²) < 4.78 is 33.0. The van der Waals surface area contributed by atoms with Gasteiger partial charge in [-0.25, -0.2) is 4.98 Å². The SMILES string of the molecule is Cc1ccc2nc(-c3ccc(N=[N-])cc3)sc2c1S(=O)(=O)O.[K+]. The third-order valence-corrected chi connectivity index (χ3v) is 5.51. The van der Waals surface area contributed by atoms with Crippen molar-refractivity contribution in [1.29, 1.82) is 0 Å². The Hall–Kier alpha value is -0.524. The van der Waals surface area contributed by atoms with Crippen LogP contribution in [-0.2, 0) is 10.1 Å². The van der Waals surface area contributed by atoms with Gasteiger partial charge in [-0.2, -0.15) is 8.42 Å². The Morgan fingerprint density at radius 3 is 2.39 bits per heavy atom. The summed E-state index contributed by atoms with van der Waals surface area (Å²) in [5.74, 6) is 0. The largest absolute Gasteiger partial charge is 1.00 e. The molecule has 0 aliphatic carbocycles. The summed E-state index contributed by atoms with van der Waals surface area (Å²) in [4.78, 5) is 4.30. The second kappa shape index (κ2) is 7.15. The molecule has 2 aromatic carbocycles. The molecule has 0 aliphatic rings. The summed E-state index contributed by atoms with van der Waals surface area (Å²) in [7, 11) is -4.32. The summed E-state index contributed by atoms with van der Waals surface area (Å²) in [5, 5.41) is 3.70. The van der Waals surface area contributed by atoms with Crippen molar-refractivity contribution in [2.45, 2.75) is 11.8 Å². The number of thiazole rings is 1. The molecule has 0 saturated carbocycles. The van der Waals surface area contributed by atoms with Crippen LogP contribution in [0.1, 0.15) is 5.56 Å². The molecule has 0 aliphatic heterocycles. The van der Waals surface area contributed by atoms with E-state index in [-0.39, 0.29) is 56.3 Å². The summed E-state index contributed by atoms with van der Waals surface area (Å²) in [6.45, 7) is 1.62. The van der Waals surface area contributed by atoms with Crippen LogP contribution < -0.4 is 51.4 Å². The molecular weight excluding hydrogens is 361 g/mol. The van der Waals surface area contributed by atoms with Gasteiger partial charge >= 0.3 is 51.4 Å². The second-order valence-electron chi connectivity index (χ2n) is 4.70. The normalized spacial score (nSPS) is 11.2. The zero-order valence-corrected chi connectivity index (χ0v) is 17.1. The molecule has 0 amide bonds. The predicted molar refractivity (Wildman–Crippen MR) is 85.1 cm³/mol. The van der Waals surface area contributed by atoms with Gasteiger partial charge in [0.25, 0.3) is 10.1 Å². The molecule has 1 aromatic heterocycles. The molecule has 9 heteroatoms. The minimum absolute atomic E-state index is 0. The first-order chi connectivity index (χ1) is 10.4. The number of nitrogens with zero attached hydrogens (tertiary/aromatic N) is 3. The molecule has 23 heavy (non-hydrogen) atoms. The number of benzene rings is 2. The van der Waals surface area contributed by atoms with Crippen LogP contribution in [0.3, 0.4) is 0 Å². The molecule has 0 atom stereocenters. The minimum atomic E-state index is -4.32. The van der Waals surface area contributed by atoms with Crippen LogP contribution in [0.5, 0.6) is 0 Å². The van der Waals surface area contributed by atoms with Crippen LogP contribution in [0, 0.1) is 6.92 Å². The summed E-state index contributed by atoms with van der Waals surface area (Å²) in [6.07, 6.45) is 0. The second-order valence-corrected chi connectivity index (χ2v) is 7.06. The average Bonchev–Trinajstić information content (AvgIpc) is 2.89. The van der Waals surface area contributed by atoms with Crippen molar-refractivity contribution < 1.29 is 64.4 Å². The van der Waals surface area contributed by atoms with Crippen molar-refractivity contribution >= 4 is 37.4 Å². The summed E-state index contributed by atoms with van der Waals surface area (Å²) in [6, 6.07) is 10.0. The standard InChI is InChI=1S/C14H10N3O3S2.K/c1-8-2-7-11-12(13(8)22(18,19)20)21-14(16-11)9-3-5-10(17-15)6-4-9;/h2-7H,1H3,(H,18,19,20);/q-1;+1. The van der Waals surface area contributed by atoms with Gasteiger partial charge in [0.05, 0.1) is 10.2 Å². The van der Waals surface area contributed by atoms with E-state index in [4.69, 9.17) is 5.53 Å². The monoisotopic (exact) mass is 371 g/mol. The molecule has 6 nitrogen and oxygen atoms in total. The van der Waals surface area contributed by atoms with Crippen LogP contribution in [-0.4, -0.2) is 18.0 Å². The zero-order valence-electron chi connectivity index (χ0n) is 12.4. The number of rotatable bonds is 3. The molecular formula is C14H10KN3O3S2. The maximum atomic E-state index is 11.6. The number of fused-ring (bicyclic) bond motifs is 1. The number of hydrogen-bond acceptors (Lipinski definition) is 5. The van der Waals surface area contributed by atoms with E-state index in [9.17, 15) is 13.0 Å². The van der Waals surface area contributed by atoms with Crippen molar-refractivity contribution in [3.8, 4) is 10.6 Å². The van der Waals surface area contributed by atoms with Gasteiger partial charge in [-0.05, 0) is 42.8 Å². The quantitative estimate of drug-likeness (QED) is 0.424. The van der Waals surface area contributed by atoms with Crippen molar-refractivity contribution in [3.63, 3.8) is 0 Å². The van der Waals surface area contributed by atoms with Gasteiger partial charge < -0.3 is 10.6 Å². The van der Waals surface area contributed by atoms with Crippen LogP contribution >= 0.6 is 11.3 Å². The Morgan fingerprint density at radius 1 is 1.17 bits per heavy atom. The van der Waals surface area contributed by atoms with Gasteiger partial charge in [0.2, 0.25) is 0 Å². The van der Waals surface area contributed by atoms with Crippen LogP contribution in [0.2, 0.25) is 0 Å². The van der Waals surface area contributed by atoms with Gasteiger partial charge in [0.1, 0.15) is 9.90 Å². The van der Waals surface area contributed by atoms with Crippen LogP contribution in [0.15, 0.2) is 46.4 Å². The fourth-order valence-corrected chi connectivity index (χ4v) is 4.50. The topological polar surface area (TPSA) is 102 Å². The maximum Gasteiger partial charge on any atom is 1.00 e. The average molecular weight is 371 g/mol. The fraction of sp³-hybridized carbons (Fsp3) is 0.0714. The predicted octanol–water partition coefficient (Wildman–Crippen LogP) is 1.18. The smallest absolute Gasteiger partial charge is 0.706 e. The Balaban J connectivity index is 0.00000192. The number of aromatic nitrogens is 1. The third kappa shape index (κ3) is 3.77. The Bertz CT molecular complexity index is 982. The van der Waals surface area contributed by atoms with Gasteiger partial charge in [0, 0.05) is 11.3 Å².